The van der Waals surface area contributed by atoms with Crippen LogP contribution in [0.15, 0.2) is 27.7 Å². The van der Waals surface area contributed by atoms with Crippen LogP contribution in [0.25, 0.3) is 0 Å². The number of aliphatic imine (C=N–C) groups is 1. The molecule has 1 aromatic carbocycles. The largest absolute Gasteiger partial charge is 0.496 e. The normalized spacial score (nSPS) is 11.6. The molecule has 1 rings (SSSR count). The Balaban J connectivity index is 2.62. The van der Waals surface area contributed by atoms with E-state index < -0.39 is 0 Å². The topological polar surface area (TPSA) is 45.7 Å². The van der Waals surface area contributed by atoms with Crippen LogP contribution >= 0.6 is 15.9 Å². The van der Waals surface area contributed by atoms with Crippen LogP contribution in [-0.4, -0.2) is 26.7 Å². The maximum absolute atomic E-state index is 5.34. The second-order valence-corrected chi connectivity index (χ2v) is 5.57. The first kappa shape index (κ1) is 15.8. The van der Waals surface area contributed by atoms with E-state index in [1.54, 1.807) is 14.2 Å². The van der Waals surface area contributed by atoms with Gasteiger partial charge in [0.05, 0.1) is 7.11 Å². The van der Waals surface area contributed by atoms with Crippen molar-refractivity contribution < 1.29 is 4.74 Å². The fourth-order valence-corrected chi connectivity index (χ4v) is 1.99. The van der Waals surface area contributed by atoms with Crippen molar-refractivity contribution in [3.05, 3.63) is 28.2 Å². The van der Waals surface area contributed by atoms with E-state index in [0.717, 1.165) is 28.3 Å². The lowest BCUT2D eigenvalue weighted by Gasteiger charge is -2.15. The molecular weight excluding hydrogens is 306 g/mol. The van der Waals surface area contributed by atoms with Crippen molar-refractivity contribution in [2.45, 2.75) is 20.4 Å². The van der Waals surface area contributed by atoms with E-state index in [-0.39, 0.29) is 0 Å². The SMILES string of the molecule is CN=C(NCc1cc(Br)ccc1OC)NCC(C)C. The van der Waals surface area contributed by atoms with E-state index in [9.17, 15) is 0 Å². The number of halogens is 1. The Morgan fingerprint density at radius 1 is 1.37 bits per heavy atom. The van der Waals surface area contributed by atoms with E-state index in [1.807, 2.05) is 18.2 Å². The van der Waals surface area contributed by atoms with Crippen LogP contribution in [0, 0.1) is 5.92 Å². The summed E-state index contributed by atoms with van der Waals surface area (Å²) >= 11 is 3.47. The minimum Gasteiger partial charge on any atom is -0.496 e. The third-order valence-corrected chi connectivity index (χ3v) is 3.08. The highest BCUT2D eigenvalue weighted by Gasteiger charge is 2.05. The Morgan fingerprint density at radius 2 is 2.11 bits per heavy atom. The number of benzene rings is 1. The van der Waals surface area contributed by atoms with Gasteiger partial charge in [0.15, 0.2) is 5.96 Å². The Labute approximate surface area is 123 Å². The van der Waals surface area contributed by atoms with Crippen LogP contribution in [0.3, 0.4) is 0 Å². The maximum atomic E-state index is 5.34. The lowest BCUT2D eigenvalue weighted by atomic mass is 10.2. The van der Waals surface area contributed by atoms with Crippen LogP contribution in [0.4, 0.5) is 0 Å². The highest BCUT2D eigenvalue weighted by atomic mass is 79.9. The summed E-state index contributed by atoms with van der Waals surface area (Å²) in [5.41, 5.74) is 1.09. The predicted octanol–water partition coefficient (Wildman–Crippen LogP) is 2.78. The molecule has 0 aliphatic carbocycles. The molecule has 0 bridgehead atoms. The zero-order valence-corrected chi connectivity index (χ0v) is 13.5. The molecule has 0 atom stereocenters. The van der Waals surface area contributed by atoms with Gasteiger partial charge >= 0.3 is 0 Å². The summed E-state index contributed by atoms with van der Waals surface area (Å²) in [6, 6.07) is 5.96. The molecule has 0 aromatic heterocycles. The summed E-state index contributed by atoms with van der Waals surface area (Å²) in [6.07, 6.45) is 0. The van der Waals surface area contributed by atoms with E-state index in [0.29, 0.717) is 12.5 Å². The van der Waals surface area contributed by atoms with Gasteiger partial charge < -0.3 is 15.4 Å². The van der Waals surface area contributed by atoms with Crippen molar-refractivity contribution in [1.29, 1.82) is 0 Å². The van der Waals surface area contributed by atoms with Gasteiger partial charge in [-0.3, -0.25) is 4.99 Å². The van der Waals surface area contributed by atoms with Gasteiger partial charge in [-0.1, -0.05) is 29.8 Å². The average molecular weight is 328 g/mol. The monoisotopic (exact) mass is 327 g/mol. The second-order valence-electron chi connectivity index (χ2n) is 4.66. The molecule has 0 amide bonds. The number of methoxy groups -OCH3 is 1. The van der Waals surface area contributed by atoms with Gasteiger partial charge in [-0.05, 0) is 24.1 Å². The lowest BCUT2D eigenvalue weighted by Crippen LogP contribution is -2.38. The molecule has 0 aliphatic heterocycles. The molecule has 0 fully saturated rings. The minimum atomic E-state index is 0.582. The third kappa shape index (κ3) is 5.51. The van der Waals surface area contributed by atoms with Crippen molar-refractivity contribution in [2.24, 2.45) is 10.9 Å². The van der Waals surface area contributed by atoms with Gasteiger partial charge in [0, 0.05) is 30.2 Å². The Hall–Kier alpha value is -1.23. The Bertz CT molecular complexity index is 433. The quantitative estimate of drug-likeness (QED) is 0.645. The van der Waals surface area contributed by atoms with Crippen molar-refractivity contribution in [3.8, 4) is 5.75 Å². The smallest absolute Gasteiger partial charge is 0.191 e. The number of rotatable bonds is 5. The fourth-order valence-electron chi connectivity index (χ4n) is 1.59. The van der Waals surface area contributed by atoms with Gasteiger partial charge in [-0.15, -0.1) is 0 Å². The molecule has 2 N–H and O–H groups in total. The summed E-state index contributed by atoms with van der Waals surface area (Å²) in [4.78, 5) is 4.19. The molecule has 19 heavy (non-hydrogen) atoms. The van der Waals surface area contributed by atoms with Crippen molar-refractivity contribution in [3.63, 3.8) is 0 Å². The molecule has 5 heteroatoms. The third-order valence-electron chi connectivity index (χ3n) is 2.59. The molecule has 106 valence electrons. The first-order valence-electron chi connectivity index (χ1n) is 6.33. The molecule has 4 nitrogen and oxygen atoms in total. The molecule has 0 heterocycles. The zero-order valence-electron chi connectivity index (χ0n) is 12.0. The van der Waals surface area contributed by atoms with Crippen molar-refractivity contribution >= 4 is 21.9 Å². The maximum Gasteiger partial charge on any atom is 0.191 e. The predicted molar refractivity (Wildman–Crippen MR) is 83.7 cm³/mol. The number of nitrogens with zero attached hydrogens (tertiary/aromatic N) is 1. The molecule has 0 spiro atoms. The minimum absolute atomic E-state index is 0.582. The Kier molecular flexibility index (Phi) is 6.70. The molecule has 0 unspecified atom stereocenters. The number of hydrogen-bond donors (Lipinski definition) is 2. The van der Waals surface area contributed by atoms with Crippen LogP contribution in [-0.2, 0) is 6.54 Å². The first-order valence-corrected chi connectivity index (χ1v) is 7.13. The van der Waals surface area contributed by atoms with Gasteiger partial charge in [-0.25, -0.2) is 0 Å². The van der Waals surface area contributed by atoms with E-state index >= 15 is 0 Å². The Morgan fingerprint density at radius 3 is 2.68 bits per heavy atom. The van der Waals surface area contributed by atoms with Crippen molar-refractivity contribution in [2.75, 3.05) is 20.7 Å². The highest BCUT2D eigenvalue weighted by molar-refractivity contribution is 9.10. The van der Waals surface area contributed by atoms with Gasteiger partial charge in [-0.2, -0.15) is 0 Å². The zero-order chi connectivity index (χ0) is 14.3. The summed E-state index contributed by atoms with van der Waals surface area (Å²) in [5.74, 6) is 2.25. The standard InChI is InChI=1S/C14H22BrN3O/c1-10(2)8-17-14(16-3)18-9-11-7-12(15)5-6-13(11)19-4/h5-7,10H,8-9H2,1-4H3,(H2,16,17,18). The number of ether oxygens (including phenoxy) is 1. The molecule has 0 aliphatic rings. The second kappa shape index (κ2) is 8.04. The summed E-state index contributed by atoms with van der Waals surface area (Å²) in [5, 5.41) is 6.56. The molecule has 0 saturated carbocycles. The number of nitrogens with one attached hydrogen (secondary N) is 2. The molecular formula is C14H22BrN3O. The van der Waals surface area contributed by atoms with E-state index in [2.05, 4.69) is 45.4 Å². The van der Waals surface area contributed by atoms with Gasteiger partial charge in [0.25, 0.3) is 0 Å². The van der Waals surface area contributed by atoms with Gasteiger partial charge in [0.1, 0.15) is 5.75 Å². The van der Waals surface area contributed by atoms with E-state index in [4.69, 9.17) is 4.74 Å². The number of guanidine groups is 1. The molecule has 1 aromatic rings. The van der Waals surface area contributed by atoms with Crippen LogP contribution < -0.4 is 15.4 Å². The summed E-state index contributed by atoms with van der Waals surface area (Å²) in [6.45, 7) is 5.89. The van der Waals surface area contributed by atoms with Gasteiger partial charge in [0.2, 0.25) is 0 Å². The fraction of sp³-hybridized carbons (Fsp3) is 0.500. The van der Waals surface area contributed by atoms with Crippen molar-refractivity contribution in [1.82, 2.24) is 10.6 Å². The van der Waals surface area contributed by atoms with Crippen LogP contribution in [0.5, 0.6) is 5.75 Å². The summed E-state index contributed by atoms with van der Waals surface area (Å²) in [7, 11) is 3.45. The molecule has 0 radical (unpaired) electrons. The summed E-state index contributed by atoms with van der Waals surface area (Å²) < 4.78 is 6.38. The first-order chi connectivity index (χ1) is 9.06. The molecule has 0 saturated heterocycles. The van der Waals surface area contributed by atoms with Crippen LogP contribution in [0.2, 0.25) is 0 Å². The van der Waals surface area contributed by atoms with E-state index in [1.165, 1.54) is 0 Å². The average Bonchev–Trinajstić information content (AvgIpc) is 2.39. The number of hydrogen-bond acceptors (Lipinski definition) is 2. The van der Waals surface area contributed by atoms with Crippen LogP contribution in [0.1, 0.15) is 19.4 Å². The highest BCUT2D eigenvalue weighted by Crippen LogP contribution is 2.22. The lowest BCUT2D eigenvalue weighted by molar-refractivity contribution is 0.409.